The smallest absolute Gasteiger partial charge is 0.129 e. The van der Waals surface area contributed by atoms with Crippen LogP contribution in [0.15, 0.2) is 18.2 Å². The first-order valence-electron chi connectivity index (χ1n) is 7.56. The highest BCUT2D eigenvalue weighted by atomic mass is 19.1. The molecule has 0 aliphatic rings. The van der Waals surface area contributed by atoms with Crippen LogP contribution in [0.5, 0.6) is 5.75 Å². The van der Waals surface area contributed by atoms with Crippen molar-refractivity contribution in [3.63, 3.8) is 0 Å². The number of hydrogen-bond donors (Lipinski definition) is 1. The van der Waals surface area contributed by atoms with Crippen LogP contribution >= 0.6 is 0 Å². The molecule has 1 aromatic carbocycles. The topological polar surface area (TPSA) is 45.0 Å². The van der Waals surface area contributed by atoms with Crippen LogP contribution in [0.25, 0.3) is 0 Å². The van der Waals surface area contributed by atoms with E-state index in [1.165, 1.54) is 6.07 Å². The van der Waals surface area contributed by atoms with Gasteiger partial charge in [0.05, 0.1) is 12.7 Å². The molecule has 0 aliphatic heterocycles. The van der Waals surface area contributed by atoms with Gasteiger partial charge >= 0.3 is 0 Å². The minimum Gasteiger partial charge on any atom is -0.493 e. The van der Waals surface area contributed by atoms with E-state index >= 15 is 0 Å². The first-order valence-corrected chi connectivity index (χ1v) is 7.56. The fourth-order valence-corrected chi connectivity index (χ4v) is 2.02. The van der Waals surface area contributed by atoms with E-state index in [2.05, 4.69) is 18.3 Å². The second-order valence-electron chi connectivity index (χ2n) is 5.59. The fraction of sp³-hybridized carbons (Fsp3) is 0.588. The summed E-state index contributed by atoms with van der Waals surface area (Å²) in [7, 11) is 0. The van der Waals surface area contributed by atoms with Gasteiger partial charge in [-0.15, -0.1) is 0 Å². The molecule has 3 nitrogen and oxygen atoms in total. The van der Waals surface area contributed by atoms with Crippen LogP contribution in [0, 0.1) is 24.1 Å². The first-order chi connectivity index (χ1) is 10.0. The van der Waals surface area contributed by atoms with Crippen LogP contribution in [-0.4, -0.2) is 18.7 Å². The number of benzene rings is 1. The third kappa shape index (κ3) is 6.14. The summed E-state index contributed by atoms with van der Waals surface area (Å²) in [6.07, 6.45) is 3.55. The normalized spacial score (nSPS) is 13.5. The average molecular weight is 292 g/mol. The maximum Gasteiger partial charge on any atom is 0.129 e. The monoisotopic (exact) mass is 292 g/mol. The van der Waals surface area contributed by atoms with Gasteiger partial charge < -0.3 is 4.74 Å². The van der Waals surface area contributed by atoms with Crippen LogP contribution in [0.4, 0.5) is 4.39 Å². The molecule has 0 aromatic heterocycles. The van der Waals surface area contributed by atoms with E-state index in [4.69, 9.17) is 4.74 Å². The standard InChI is InChI=1S/C17H25FN2O/c1-4-10-20-17(3,13-19)9-5-6-11-21-15-8-7-14(2)16(18)12-15/h7-8,12,20H,4-6,9-11H2,1-3H3. The number of ether oxygens (including phenoxy) is 1. The van der Waals surface area contributed by atoms with Crippen molar-refractivity contribution >= 4 is 0 Å². The summed E-state index contributed by atoms with van der Waals surface area (Å²) in [6, 6.07) is 7.24. The third-order valence-corrected chi connectivity index (χ3v) is 3.50. The molecule has 0 fully saturated rings. The van der Waals surface area contributed by atoms with Gasteiger partial charge in [0.25, 0.3) is 0 Å². The van der Waals surface area contributed by atoms with Crippen LogP contribution in [0.3, 0.4) is 0 Å². The number of rotatable bonds is 9. The maximum absolute atomic E-state index is 13.4. The summed E-state index contributed by atoms with van der Waals surface area (Å²) in [5.74, 6) is 0.318. The van der Waals surface area contributed by atoms with Crippen molar-refractivity contribution in [2.75, 3.05) is 13.2 Å². The van der Waals surface area contributed by atoms with Crippen molar-refractivity contribution in [2.45, 2.75) is 52.0 Å². The zero-order valence-electron chi connectivity index (χ0n) is 13.2. The Balaban J connectivity index is 2.27. The molecule has 0 heterocycles. The number of hydrogen-bond acceptors (Lipinski definition) is 3. The quantitative estimate of drug-likeness (QED) is 0.701. The Labute approximate surface area is 127 Å². The molecule has 0 amide bonds. The van der Waals surface area contributed by atoms with Crippen LogP contribution in [-0.2, 0) is 0 Å². The van der Waals surface area contributed by atoms with E-state index in [0.29, 0.717) is 17.9 Å². The summed E-state index contributed by atoms with van der Waals surface area (Å²) in [5.41, 5.74) is 0.153. The van der Waals surface area contributed by atoms with Crippen LogP contribution in [0.2, 0.25) is 0 Å². The highest BCUT2D eigenvalue weighted by Crippen LogP contribution is 2.17. The molecule has 116 valence electrons. The van der Waals surface area contributed by atoms with Gasteiger partial charge in [-0.25, -0.2) is 4.39 Å². The van der Waals surface area contributed by atoms with E-state index in [9.17, 15) is 9.65 Å². The Morgan fingerprint density at radius 3 is 2.76 bits per heavy atom. The lowest BCUT2D eigenvalue weighted by molar-refractivity contribution is 0.294. The number of aryl methyl sites for hydroxylation is 1. The summed E-state index contributed by atoms with van der Waals surface area (Å²) in [5, 5.41) is 12.5. The number of nitrogens with zero attached hydrogens (tertiary/aromatic N) is 1. The second kappa shape index (κ2) is 8.63. The van der Waals surface area contributed by atoms with Crippen molar-refractivity contribution in [3.05, 3.63) is 29.6 Å². The summed E-state index contributed by atoms with van der Waals surface area (Å²) < 4.78 is 18.9. The molecule has 1 aromatic rings. The molecule has 1 unspecified atom stereocenters. The summed E-state index contributed by atoms with van der Waals surface area (Å²) in [4.78, 5) is 0. The molecule has 0 saturated heterocycles. The lowest BCUT2D eigenvalue weighted by atomic mass is 9.96. The Morgan fingerprint density at radius 2 is 2.14 bits per heavy atom. The maximum atomic E-state index is 13.4. The highest BCUT2D eigenvalue weighted by molar-refractivity contribution is 5.27. The fourth-order valence-electron chi connectivity index (χ4n) is 2.02. The largest absolute Gasteiger partial charge is 0.493 e. The van der Waals surface area contributed by atoms with E-state index in [1.54, 1.807) is 19.1 Å². The lowest BCUT2D eigenvalue weighted by Gasteiger charge is -2.22. The zero-order chi connectivity index (χ0) is 15.7. The number of nitriles is 1. The van der Waals surface area contributed by atoms with Gasteiger partial charge in [-0.1, -0.05) is 13.0 Å². The van der Waals surface area contributed by atoms with Crippen molar-refractivity contribution in [2.24, 2.45) is 0 Å². The number of nitrogens with one attached hydrogen (secondary N) is 1. The minimum absolute atomic E-state index is 0.242. The third-order valence-electron chi connectivity index (χ3n) is 3.50. The second-order valence-corrected chi connectivity index (χ2v) is 5.59. The summed E-state index contributed by atoms with van der Waals surface area (Å²) >= 11 is 0. The Bertz CT molecular complexity index is 484. The molecule has 0 aliphatic carbocycles. The van der Waals surface area contributed by atoms with Gasteiger partial charge in [-0.2, -0.15) is 5.26 Å². The molecule has 0 radical (unpaired) electrons. The molecule has 0 spiro atoms. The van der Waals surface area contributed by atoms with Gasteiger partial charge in [0.2, 0.25) is 0 Å². The van der Waals surface area contributed by atoms with Gasteiger partial charge in [0.15, 0.2) is 0 Å². The Kier molecular flexibility index (Phi) is 7.18. The molecule has 0 bridgehead atoms. The molecule has 4 heteroatoms. The predicted molar refractivity (Wildman–Crippen MR) is 82.8 cm³/mol. The number of halogens is 1. The SMILES string of the molecule is CCCNC(C)(C#N)CCCCOc1ccc(C)c(F)c1. The zero-order valence-corrected chi connectivity index (χ0v) is 13.2. The Hall–Kier alpha value is -1.60. The summed E-state index contributed by atoms with van der Waals surface area (Å²) in [6.45, 7) is 7.13. The van der Waals surface area contributed by atoms with Gasteiger partial charge in [0.1, 0.15) is 17.1 Å². The highest BCUT2D eigenvalue weighted by Gasteiger charge is 2.21. The minimum atomic E-state index is -0.466. The lowest BCUT2D eigenvalue weighted by Crippen LogP contribution is -2.41. The molecule has 1 N–H and O–H groups in total. The number of unbranched alkanes of at least 4 members (excludes halogenated alkanes) is 1. The van der Waals surface area contributed by atoms with Crippen molar-refractivity contribution < 1.29 is 9.13 Å². The van der Waals surface area contributed by atoms with Gasteiger partial charge in [-0.3, -0.25) is 5.32 Å². The van der Waals surface area contributed by atoms with E-state index < -0.39 is 5.54 Å². The van der Waals surface area contributed by atoms with E-state index in [-0.39, 0.29) is 5.82 Å². The van der Waals surface area contributed by atoms with Crippen LogP contribution < -0.4 is 10.1 Å². The predicted octanol–water partition coefficient (Wildman–Crippen LogP) is 3.97. The van der Waals surface area contributed by atoms with E-state index in [0.717, 1.165) is 32.2 Å². The average Bonchev–Trinajstić information content (AvgIpc) is 2.48. The first kappa shape index (κ1) is 17.5. The molecule has 1 atom stereocenters. The van der Waals surface area contributed by atoms with Crippen molar-refractivity contribution in [1.82, 2.24) is 5.32 Å². The molecule has 21 heavy (non-hydrogen) atoms. The van der Waals surface area contributed by atoms with E-state index in [1.807, 2.05) is 6.92 Å². The van der Waals surface area contributed by atoms with Gasteiger partial charge in [-0.05, 0) is 57.7 Å². The van der Waals surface area contributed by atoms with Gasteiger partial charge in [0, 0.05) is 6.07 Å². The van der Waals surface area contributed by atoms with Crippen LogP contribution in [0.1, 0.15) is 45.1 Å². The molecular formula is C17H25FN2O. The Morgan fingerprint density at radius 1 is 1.38 bits per heavy atom. The molecule has 0 saturated carbocycles. The molecular weight excluding hydrogens is 267 g/mol. The van der Waals surface area contributed by atoms with Crippen molar-refractivity contribution in [1.29, 1.82) is 5.26 Å². The molecule has 1 rings (SSSR count). The van der Waals surface area contributed by atoms with Crippen molar-refractivity contribution in [3.8, 4) is 11.8 Å².